The summed E-state index contributed by atoms with van der Waals surface area (Å²) in [5, 5.41) is 34.5. The number of nitrogens with zero attached hydrogens (tertiary/aromatic N) is 3. The number of hydrogen-bond acceptors (Lipinski definition) is 11. The van der Waals surface area contributed by atoms with Gasteiger partial charge in [0, 0.05) is 32.4 Å². The zero-order valence-corrected chi connectivity index (χ0v) is 31.3. The number of guanidine groups is 1. The average Bonchev–Trinajstić information content (AvgIpc) is 3.62. The molecule has 1 aromatic carbocycles. The summed E-state index contributed by atoms with van der Waals surface area (Å²) in [6.07, 6.45) is 3.42. The predicted molar refractivity (Wildman–Crippen MR) is 179 cm³/mol. The number of benzene rings is 1. The first-order valence-electron chi connectivity index (χ1n) is 13.5. The minimum atomic E-state index is -1.23. The Hall–Kier alpha value is -2.48. The molecule has 4 rings (SSSR count). The molecule has 2 aliphatic heterocycles. The zero-order chi connectivity index (χ0) is 32.7. The Morgan fingerprint density at radius 1 is 1.22 bits per heavy atom. The molecule has 0 bridgehead atoms. The van der Waals surface area contributed by atoms with Crippen molar-refractivity contribution in [2.24, 2.45) is 21.0 Å². The third kappa shape index (κ3) is 9.11. The number of carbonyl (C=O) groups is 2. The number of rotatable bonds is 13. The molecule has 2 heterocycles. The van der Waals surface area contributed by atoms with Crippen molar-refractivity contribution in [3.05, 3.63) is 59.3 Å². The summed E-state index contributed by atoms with van der Waals surface area (Å²) in [5.74, 6) is 0.475. The summed E-state index contributed by atoms with van der Waals surface area (Å²) in [6.45, 7) is 0.894. The van der Waals surface area contributed by atoms with Crippen LogP contribution in [0.3, 0.4) is 0 Å². The van der Waals surface area contributed by atoms with E-state index in [2.05, 4.69) is 89.7 Å². The minimum absolute atomic E-state index is 0. The predicted octanol–water partition coefficient (Wildman–Crippen LogP) is -0.866. The number of allylic oxidation sites excluding steroid dienone is 1. The van der Waals surface area contributed by atoms with Crippen molar-refractivity contribution in [1.82, 2.24) is 10.6 Å². The number of amides is 2. The van der Waals surface area contributed by atoms with Crippen molar-refractivity contribution >= 4 is 92.9 Å². The number of aliphatic imine (C=N–C) groups is 1. The number of quaternary nitrogens is 1. The lowest BCUT2D eigenvalue weighted by Gasteiger charge is -2.33. The first-order valence-corrected chi connectivity index (χ1v) is 16.7. The monoisotopic (exact) mass is 915 g/mol. The molecule has 8 N–H and O–H groups in total. The van der Waals surface area contributed by atoms with Gasteiger partial charge < -0.3 is 53.4 Å². The third-order valence-corrected chi connectivity index (χ3v) is 9.36. The second-order valence-electron chi connectivity index (χ2n) is 9.97. The Morgan fingerprint density at radius 2 is 1.93 bits per heavy atom. The molecule has 14 nitrogen and oxygen atoms in total. The standard InChI is InChI=1S/C27H29Br4N7O7.ClH/c1-43-22-17(30)10-27(23(39)20(22)31)11-19(38-45-27)25(41)33-4-2-6-44-21-15(28)7-13(8-16(21)29)9-18(37-42)24(40)34-5-3-14-12-35-26(32)36-14;/h7-8,10,12,23,39,42H,2-6,9,11H2,1H3,(H,33,41)(H,34,40)(H3,32,35,36);1H/t23-,27+;/m1./s1. The largest absolute Gasteiger partial charge is 1.00 e. The van der Waals surface area contributed by atoms with Gasteiger partial charge in [0.15, 0.2) is 5.60 Å². The fourth-order valence-electron chi connectivity index (χ4n) is 4.54. The molecule has 0 radical (unpaired) electrons. The summed E-state index contributed by atoms with van der Waals surface area (Å²) in [4.78, 5) is 34.9. The Morgan fingerprint density at radius 3 is 2.57 bits per heavy atom. The van der Waals surface area contributed by atoms with E-state index in [1.54, 1.807) is 29.7 Å². The van der Waals surface area contributed by atoms with Gasteiger partial charge in [0.2, 0.25) is 0 Å². The van der Waals surface area contributed by atoms with Crippen LogP contribution in [0.15, 0.2) is 69.1 Å². The van der Waals surface area contributed by atoms with E-state index in [1.807, 2.05) is 0 Å². The van der Waals surface area contributed by atoms with Crippen LogP contribution in [0.5, 0.6) is 5.75 Å². The molecule has 1 aromatic rings. The third-order valence-electron chi connectivity index (χ3n) is 6.79. The highest BCUT2D eigenvalue weighted by atomic mass is 79.9. The van der Waals surface area contributed by atoms with Gasteiger partial charge in [0.05, 0.1) is 31.6 Å². The van der Waals surface area contributed by atoms with Crippen molar-refractivity contribution in [1.29, 1.82) is 0 Å². The number of halogens is 5. The first-order chi connectivity index (χ1) is 21.5. The number of hydrogen-bond donors (Lipinski definition) is 6. The van der Waals surface area contributed by atoms with E-state index in [0.29, 0.717) is 66.9 Å². The molecule has 46 heavy (non-hydrogen) atoms. The molecule has 0 unspecified atom stereocenters. The summed E-state index contributed by atoms with van der Waals surface area (Å²) in [5.41, 5.74) is 5.93. The van der Waals surface area contributed by atoms with Gasteiger partial charge in [-0.25, -0.2) is 0 Å². The lowest BCUT2D eigenvalue weighted by atomic mass is 9.87. The van der Waals surface area contributed by atoms with Crippen LogP contribution in [0.2, 0.25) is 0 Å². The molecular weight excluding hydrogens is 889 g/mol. The van der Waals surface area contributed by atoms with Crippen LogP contribution in [-0.2, 0) is 25.6 Å². The van der Waals surface area contributed by atoms with Crippen molar-refractivity contribution in [3.63, 3.8) is 0 Å². The summed E-state index contributed by atoms with van der Waals surface area (Å²) in [6, 6.07) is 3.53. The van der Waals surface area contributed by atoms with Gasteiger partial charge in [-0.2, -0.15) is 4.99 Å². The normalized spacial score (nSPS) is 20.7. The van der Waals surface area contributed by atoms with E-state index in [-0.39, 0.29) is 43.3 Å². The number of oxime groups is 2. The van der Waals surface area contributed by atoms with E-state index in [9.17, 15) is 19.9 Å². The zero-order valence-electron chi connectivity index (χ0n) is 24.2. The smallest absolute Gasteiger partial charge is 0.301 e. The van der Waals surface area contributed by atoms with Gasteiger partial charge in [-0.15, -0.1) is 0 Å². The maximum atomic E-state index is 12.7. The van der Waals surface area contributed by atoms with Crippen molar-refractivity contribution < 1.29 is 51.9 Å². The fourth-order valence-corrected chi connectivity index (χ4v) is 7.85. The molecule has 1 aliphatic carbocycles. The van der Waals surface area contributed by atoms with Gasteiger partial charge in [-0.1, -0.05) is 10.3 Å². The Labute approximate surface area is 303 Å². The fraction of sp³-hybridized carbons (Fsp3) is 0.370. The molecule has 3 aliphatic rings. The molecule has 250 valence electrons. The Bertz CT molecular complexity index is 1530. The molecule has 0 fully saturated rings. The van der Waals surface area contributed by atoms with Gasteiger partial charge in [0.25, 0.3) is 11.8 Å². The molecule has 1 spiro atoms. The molecule has 2 amide bonds. The van der Waals surface area contributed by atoms with Crippen LogP contribution >= 0.6 is 63.7 Å². The van der Waals surface area contributed by atoms with Crippen LogP contribution in [0.25, 0.3) is 0 Å². The minimum Gasteiger partial charge on any atom is -1.00 e. The molecule has 0 saturated carbocycles. The molecule has 0 saturated heterocycles. The van der Waals surface area contributed by atoms with Crippen molar-refractivity contribution in [2.45, 2.75) is 37.4 Å². The summed E-state index contributed by atoms with van der Waals surface area (Å²) < 4.78 is 13.4. The Balaban J connectivity index is 0.00000576. The molecular formula is C27H30Br4ClN7O7. The van der Waals surface area contributed by atoms with Gasteiger partial charge in [-0.3, -0.25) is 14.9 Å². The number of methoxy groups -OCH3 is 1. The SMILES string of the molecule is COC1=C(Br)[C@@H](O)[C@]2(C=C1Br)CC(C(=O)NCCCOc1c(Br)cc(CC(=NO)C(=O)NCCC3=C[NH2+]C(N)=N3)cc1Br)=NO2.[Cl-]. The highest BCUT2D eigenvalue weighted by Gasteiger charge is 2.50. The van der Waals surface area contributed by atoms with E-state index in [0.717, 1.165) is 5.70 Å². The lowest BCUT2D eigenvalue weighted by Crippen LogP contribution is -3.00. The number of nitrogens with one attached hydrogen (secondary N) is 2. The van der Waals surface area contributed by atoms with E-state index >= 15 is 0 Å². The van der Waals surface area contributed by atoms with Gasteiger partial charge in [0.1, 0.15) is 40.9 Å². The number of aliphatic hydroxyl groups is 1. The maximum Gasteiger partial charge on any atom is 0.301 e. The number of nitrogens with two attached hydrogens (primary N) is 2. The van der Waals surface area contributed by atoms with Crippen LogP contribution in [0.1, 0.15) is 24.8 Å². The van der Waals surface area contributed by atoms with Crippen molar-refractivity contribution in [2.75, 3.05) is 26.8 Å². The van der Waals surface area contributed by atoms with Crippen molar-refractivity contribution in [3.8, 4) is 5.75 Å². The van der Waals surface area contributed by atoms with Crippen LogP contribution in [0.4, 0.5) is 0 Å². The van der Waals surface area contributed by atoms with E-state index in [1.165, 1.54) is 7.11 Å². The first kappa shape index (κ1) is 38.0. The van der Waals surface area contributed by atoms with E-state index < -0.39 is 23.5 Å². The second kappa shape index (κ2) is 17.1. The average molecular weight is 920 g/mol. The van der Waals surface area contributed by atoms with Gasteiger partial charge in [-0.05, 0) is 93.9 Å². The van der Waals surface area contributed by atoms with E-state index in [4.69, 9.17) is 20.0 Å². The Kier molecular flexibility index (Phi) is 14.1. The molecule has 2 atom stereocenters. The highest BCUT2D eigenvalue weighted by molar-refractivity contribution is 9.12. The molecule has 19 heteroatoms. The van der Waals surface area contributed by atoms with Crippen LogP contribution < -0.4 is 38.8 Å². The van der Waals surface area contributed by atoms with Gasteiger partial charge >= 0.3 is 5.96 Å². The number of carbonyl (C=O) groups excluding carboxylic acids is 2. The molecule has 0 aromatic heterocycles. The second-order valence-corrected chi connectivity index (χ2v) is 13.4. The topological polar surface area (TPSA) is 206 Å². The lowest BCUT2D eigenvalue weighted by molar-refractivity contribution is -0.460. The number of aliphatic hydroxyl groups excluding tert-OH is 1. The quantitative estimate of drug-likeness (QED) is 0.0634. The summed E-state index contributed by atoms with van der Waals surface area (Å²) >= 11 is 13.7. The number of ether oxygens (including phenoxy) is 2. The highest BCUT2D eigenvalue weighted by Crippen LogP contribution is 2.44. The maximum absolute atomic E-state index is 12.7. The van der Waals surface area contributed by atoms with Crippen LogP contribution in [0, 0.1) is 0 Å². The van der Waals surface area contributed by atoms with Crippen LogP contribution in [-0.4, -0.2) is 78.0 Å². The summed E-state index contributed by atoms with van der Waals surface area (Å²) in [7, 11) is 1.48.